The van der Waals surface area contributed by atoms with E-state index in [1.54, 1.807) is 48.7 Å². The van der Waals surface area contributed by atoms with E-state index >= 15 is 0 Å². The molecule has 0 aliphatic carbocycles. The Balaban J connectivity index is 1.40. The predicted molar refractivity (Wildman–Crippen MR) is 161 cm³/mol. The molecule has 7 nitrogen and oxygen atoms in total. The van der Waals surface area contributed by atoms with Gasteiger partial charge in [-0.15, -0.1) is 11.3 Å². The second kappa shape index (κ2) is 12.3. The number of nitrogens with one attached hydrogen (secondary N) is 1. The fraction of sp³-hybridized carbons (Fsp3) is 0.125. The van der Waals surface area contributed by atoms with E-state index in [4.69, 9.17) is 21.1 Å². The molecule has 9 heteroatoms. The number of nitrogens with zero attached hydrogens (tertiary/aromatic N) is 1. The van der Waals surface area contributed by atoms with Crippen LogP contribution in [0, 0.1) is 0 Å². The average Bonchev–Trinajstić information content (AvgIpc) is 3.41. The van der Waals surface area contributed by atoms with E-state index in [-0.39, 0.29) is 17.7 Å². The van der Waals surface area contributed by atoms with Crippen LogP contribution in [0.5, 0.6) is 0 Å². The summed E-state index contributed by atoms with van der Waals surface area (Å²) < 4.78 is 10.9. The highest BCUT2D eigenvalue weighted by atomic mass is 35.5. The Labute approximate surface area is 245 Å². The third-order valence-corrected chi connectivity index (χ3v) is 7.47. The number of anilines is 1. The molecule has 5 rings (SSSR count). The Morgan fingerprint density at radius 1 is 0.927 bits per heavy atom. The molecule has 3 aromatic carbocycles. The lowest BCUT2D eigenvalue weighted by molar-refractivity contribution is -0.123. The van der Waals surface area contributed by atoms with Crippen LogP contribution in [-0.4, -0.2) is 35.5 Å². The first-order chi connectivity index (χ1) is 19.9. The van der Waals surface area contributed by atoms with Crippen LogP contribution in [0.25, 0.3) is 33.3 Å². The molecule has 206 valence electrons. The van der Waals surface area contributed by atoms with Crippen LogP contribution >= 0.6 is 22.9 Å². The monoisotopic (exact) mass is 584 g/mol. The van der Waals surface area contributed by atoms with Crippen molar-refractivity contribution < 1.29 is 23.9 Å². The number of esters is 2. The number of rotatable bonds is 8. The topological polar surface area (TPSA) is 94.6 Å². The van der Waals surface area contributed by atoms with Crippen LogP contribution in [-0.2, 0) is 14.3 Å². The lowest BCUT2D eigenvalue weighted by Gasteiger charge is -2.15. The molecule has 2 heterocycles. The number of carbonyl (C=O) groups is 3. The molecule has 1 N–H and O–H groups in total. The van der Waals surface area contributed by atoms with Gasteiger partial charge in [-0.1, -0.05) is 72.3 Å². The normalized spacial score (nSPS) is 11.6. The van der Waals surface area contributed by atoms with Crippen LogP contribution in [0.15, 0.2) is 90.3 Å². The number of hydrogen-bond donors (Lipinski definition) is 1. The van der Waals surface area contributed by atoms with Gasteiger partial charge in [0.05, 0.1) is 23.4 Å². The van der Waals surface area contributed by atoms with Gasteiger partial charge in [0.25, 0.3) is 5.91 Å². The first kappa shape index (κ1) is 28.0. The second-order valence-electron chi connectivity index (χ2n) is 9.06. The van der Waals surface area contributed by atoms with Gasteiger partial charge in [0.1, 0.15) is 10.6 Å². The summed E-state index contributed by atoms with van der Waals surface area (Å²) in [5.41, 5.74) is 3.93. The third kappa shape index (κ3) is 6.14. The first-order valence-electron chi connectivity index (χ1n) is 12.9. The number of pyridine rings is 1. The van der Waals surface area contributed by atoms with Gasteiger partial charge in [-0.3, -0.25) is 4.79 Å². The van der Waals surface area contributed by atoms with E-state index in [2.05, 4.69) is 10.3 Å². The van der Waals surface area contributed by atoms with Gasteiger partial charge in [0, 0.05) is 26.9 Å². The zero-order valence-electron chi connectivity index (χ0n) is 22.2. The minimum atomic E-state index is -1.16. The Bertz CT molecular complexity index is 1730. The number of thiophene rings is 1. The van der Waals surface area contributed by atoms with E-state index in [0.717, 1.165) is 11.1 Å². The van der Waals surface area contributed by atoms with Crippen molar-refractivity contribution in [1.29, 1.82) is 0 Å². The highest BCUT2D eigenvalue weighted by Gasteiger charge is 2.26. The van der Waals surface area contributed by atoms with Gasteiger partial charge in [-0.2, -0.15) is 0 Å². The van der Waals surface area contributed by atoms with Gasteiger partial charge in [-0.25, -0.2) is 14.6 Å². The number of benzene rings is 3. The van der Waals surface area contributed by atoms with Crippen LogP contribution in [0.4, 0.5) is 5.00 Å². The van der Waals surface area contributed by atoms with Crippen LogP contribution in [0.1, 0.15) is 34.6 Å². The molecule has 0 radical (unpaired) electrons. The number of aromatic nitrogens is 1. The maximum absolute atomic E-state index is 13.4. The largest absolute Gasteiger partial charge is 0.462 e. The molecule has 1 amide bonds. The van der Waals surface area contributed by atoms with Gasteiger partial charge in [-0.05, 0) is 43.7 Å². The molecular formula is C32H25ClN2O5S. The molecule has 1 atom stereocenters. The zero-order valence-corrected chi connectivity index (χ0v) is 23.8. The SMILES string of the molecule is CCOC(=O)c1c(-c2ccccc2)csc1NC(=O)[C@H](C)OC(=O)c1cc(-c2ccc(Cl)cc2)nc2ccccc12. The first-order valence-corrected chi connectivity index (χ1v) is 14.1. The Kier molecular flexibility index (Phi) is 8.42. The quantitative estimate of drug-likeness (QED) is 0.188. The summed E-state index contributed by atoms with van der Waals surface area (Å²) in [4.78, 5) is 44.1. The van der Waals surface area contributed by atoms with Crippen molar-refractivity contribution in [1.82, 2.24) is 4.98 Å². The van der Waals surface area contributed by atoms with Crippen LogP contribution in [0.3, 0.4) is 0 Å². The van der Waals surface area contributed by atoms with E-state index in [1.807, 2.05) is 48.5 Å². The number of fused-ring (bicyclic) bond motifs is 1. The van der Waals surface area contributed by atoms with Crippen molar-refractivity contribution in [3.05, 3.63) is 106 Å². The minimum Gasteiger partial charge on any atom is -0.462 e. The molecule has 0 saturated heterocycles. The van der Waals surface area contributed by atoms with Crippen molar-refractivity contribution in [3.8, 4) is 22.4 Å². The summed E-state index contributed by atoms with van der Waals surface area (Å²) in [6.45, 7) is 3.38. The maximum Gasteiger partial charge on any atom is 0.341 e. The van der Waals surface area contributed by atoms with Crippen molar-refractivity contribution in [2.75, 3.05) is 11.9 Å². The number of amides is 1. The van der Waals surface area contributed by atoms with E-state index in [0.29, 0.717) is 32.2 Å². The third-order valence-electron chi connectivity index (χ3n) is 6.32. The lowest BCUT2D eigenvalue weighted by atomic mass is 10.0. The number of hydrogen-bond acceptors (Lipinski definition) is 7. The van der Waals surface area contributed by atoms with Crippen LogP contribution in [0.2, 0.25) is 5.02 Å². The molecule has 0 aliphatic heterocycles. The summed E-state index contributed by atoms with van der Waals surface area (Å²) in [7, 11) is 0. The van der Waals surface area contributed by atoms with E-state index in [9.17, 15) is 14.4 Å². The summed E-state index contributed by atoms with van der Waals surface area (Å²) in [5.74, 6) is -1.81. The van der Waals surface area contributed by atoms with Crippen molar-refractivity contribution in [2.45, 2.75) is 20.0 Å². The zero-order chi connectivity index (χ0) is 28.9. The summed E-state index contributed by atoms with van der Waals surface area (Å²) in [5, 5.41) is 6.03. The van der Waals surface area contributed by atoms with Crippen LogP contribution < -0.4 is 5.32 Å². The smallest absolute Gasteiger partial charge is 0.341 e. The number of para-hydroxylation sites is 1. The Morgan fingerprint density at radius 2 is 1.63 bits per heavy atom. The lowest BCUT2D eigenvalue weighted by Crippen LogP contribution is -2.30. The Morgan fingerprint density at radius 3 is 2.37 bits per heavy atom. The summed E-state index contributed by atoms with van der Waals surface area (Å²) in [6.07, 6.45) is -1.16. The standard InChI is InChI=1S/C32H25ClN2O5S/c1-3-39-32(38)28-25(20-9-5-4-6-10-20)18-41-30(28)35-29(36)19(2)40-31(37)24-17-27(21-13-15-22(33)16-14-21)34-26-12-8-7-11-23(24)26/h4-19H,3H2,1-2H3,(H,35,36)/t19-/m0/s1. The van der Waals surface area contributed by atoms with E-state index in [1.165, 1.54) is 18.3 Å². The fourth-order valence-corrected chi connectivity index (χ4v) is 5.38. The fourth-order valence-electron chi connectivity index (χ4n) is 4.29. The number of carbonyl (C=O) groups excluding carboxylic acids is 3. The van der Waals surface area contributed by atoms with Crippen molar-refractivity contribution in [3.63, 3.8) is 0 Å². The van der Waals surface area contributed by atoms with Gasteiger partial charge >= 0.3 is 11.9 Å². The van der Waals surface area contributed by atoms with Gasteiger partial charge in [0.2, 0.25) is 0 Å². The number of halogens is 1. The molecular weight excluding hydrogens is 560 g/mol. The molecule has 0 spiro atoms. The van der Waals surface area contributed by atoms with Gasteiger partial charge < -0.3 is 14.8 Å². The molecule has 0 unspecified atom stereocenters. The highest BCUT2D eigenvalue weighted by Crippen LogP contribution is 2.36. The molecule has 0 bridgehead atoms. The van der Waals surface area contributed by atoms with Gasteiger partial charge in [0.15, 0.2) is 6.10 Å². The molecule has 0 aliphatic rings. The second-order valence-corrected chi connectivity index (χ2v) is 10.4. The van der Waals surface area contributed by atoms with E-state index < -0.39 is 23.9 Å². The summed E-state index contributed by atoms with van der Waals surface area (Å²) >= 11 is 7.24. The highest BCUT2D eigenvalue weighted by molar-refractivity contribution is 7.15. The minimum absolute atomic E-state index is 0.183. The predicted octanol–water partition coefficient (Wildman–Crippen LogP) is 7.64. The maximum atomic E-state index is 13.4. The summed E-state index contributed by atoms with van der Waals surface area (Å²) in [6, 6.07) is 25.3. The molecule has 2 aromatic heterocycles. The molecule has 5 aromatic rings. The van der Waals surface area contributed by atoms with Crippen molar-refractivity contribution >= 4 is 56.7 Å². The Hall–Kier alpha value is -4.53. The molecule has 0 fully saturated rings. The van der Waals surface area contributed by atoms with Crippen molar-refractivity contribution in [2.24, 2.45) is 0 Å². The molecule has 41 heavy (non-hydrogen) atoms. The number of ether oxygens (including phenoxy) is 2. The average molecular weight is 585 g/mol. The molecule has 0 saturated carbocycles.